The highest BCUT2D eigenvalue weighted by atomic mass is 32.1. The van der Waals surface area contributed by atoms with Crippen LogP contribution >= 0.6 is 11.3 Å². The summed E-state index contributed by atoms with van der Waals surface area (Å²) in [6.45, 7) is 6.04. The second-order valence-corrected chi connectivity index (χ2v) is 8.41. The van der Waals surface area contributed by atoms with Gasteiger partial charge < -0.3 is 24.2 Å². The molecule has 0 radical (unpaired) electrons. The number of nitrogens with zero attached hydrogens (tertiary/aromatic N) is 1. The largest absolute Gasteiger partial charge is 0.497 e. The summed E-state index contributed by atoms with van der Waals surface area (Å²) in [5, 5.41) is 2.13. The third kappa shape index (κ3) is 5.47. The van der Waals surface area contributed by atoms with E-state index in [1.54, 1.807) is 19.1 Å². The first-order valence-electron chi connectivity index (χ1n) is 9.75. The first kappa shape index (κ1) is 20.6. The quantitative estimate of drug-likeness (QED) is 0.635. The van der Waals surface area contributed by atoms with Crippen LogP contribution < -0.4 is 19.3 Å². The highest BCUT2D eigenvalue weighted by molar-refractivity contribution is 7.09. The van der Waals surface area contributed by atoms with Gasteiger partial charge in [-0.15, -0.1) is 11.3 Å². The van der Waals surface area contributed by atoms with Crippen LogP contribution in [0.25, 0.3) is 0 Å². The molecule has 0 bridgehead atoms. The van der Waals surface area contributed by atoms with Gasteiger partial charge in [-0.1, -0.05) is 6.07 Å². The van der Waals surface area contributed by atoms with Crippen molar-refractivity contribution in [1.29, 1.82) is 0 Å². The summed E-state index contributed by atoms with van der Waals surface area (Å²) in [6, 6.07) is 10.1. The first-order valence-corrected chi connectivity index (χ1v) is 10.6. The van der Waals surface area contributed by atoms with Crippen LogP contribution in [0.1, 0.15) is 10.4 Å². The number of piperazine rings is 1. The Bertz CT molecular complexity index is 758. The maximum absolute atomic E-state index is 12.7. The molecule has 7 heteroatoms. The van der Waals surface area contributed by atoms with Gasteiger partial charge in [-0.05, 0) is 23.6 Å². The molecule has 0 aliphatic carbocycles. The number of ether oxygens (including phenoxy) is 2. The van der Waals surface area contributed by atoms with Crippen molar-refractivity contribution in [3.05, 3.63) is 46.2 Å². The number of benzene rings is 1. The summed E-state index contributed by atoms with van der Waals surface area (Å²) in [7, 11) is 5.36. The van der Waals surface area contributed by atoms with Gasteiger partial charge >= 0.3 is 0 Å². The summed E-state index contributed by atoms with van der Waals surface area (Å²) >= 11 is 1.82. The number of carbonyl (C=O) groups is 1. The molecule has 3 rings (SSSR count). The number of hydrogen-bond acceptors (Lipinski definition) is 4. The van der Waals surface area contributed by atoms with Crippen molar-refractivity contribution >= 4 is 17.2 Å². The molecular weight excluding hydrogens is 374 g/mol. The highest BCUT2D eigenvalue weighted by Gasteiger charge is 2.26. The molecule has 1 fully saturated rings. The van der Waals surface area contributed by atoms with E-state index in [9.17, 15) is 4.79 Å². The Morgan fingerprint density at radius 2 is 2.00 bits per heavy atom. The van der Waals surface area contributed by atoms with E-state index < -0.39 is 0 Å². The molecule has 6 nitrogen and oxygen atoms in total. The molecule has 1 amide bonds. The lowest BCUT2D eigenvalue weighted by Crippen LogP contribution is -3.14. The number of likely N-dealkylation sites (N-methyl/N-ethyl adjacent to an activating group) is 1. The third-order valence-corrected chi connectivity index (χ3v) is 6.14. The SMILES string of the molecule is COc1ccc(C[NH+](C)CC(=O)N2CC[NH+](Cc3cccs3)CC2)c(OC)c1. The molecule has 1 atom stereocenters. The summed E-state index contributed by atoms with van der Waals surface area (Å²) in [5.41, 5.74) is 1.08. The minimum absolute atomic E-state index is 0.236. The zero-order valence-electron chi connectivity index (χ0n) is 17.0. The van der Waals surface area contributed by atoms with Crippen LogP contribution in [0.3, 0.4) is 0 Å². The number of thiophene rings is 1. The average Bonchev–Trinajstić information content (AvgIpc) is 3.21. The van der Waals surface area contributed by atoms with Gasteiger partial charge in [0, 0.05) is 11.6 Å². The predicted molar refractivity (Wildman–Crippen MR) is 110 cm³/mol. The van der Waals surface area contributed by atoms with Crippen molar-refractivity contribution in [2.24, 2.45) is 0 Å². The molecule has 1 aromatic carbocycles. The molecule has 28 heavy (non-hydrogen) atoms. The molecule has 1 unspecified atom stereocenters. The van der Waals surface area contributed by atoms with Crippen LogP contribution in [0.4, 0.5) is 0 Å². The van der Waals surface area contributed by atoms with Crippen molar-refractivity contribution in [2.45, 2.75) is 13.1 Å². The van der Waals surface area contributed by atoms with Crippen molar-refractivity contribution in [3.8, 4) is 11.5 Å². The standard InChI is InChI=1S/C21H29N3O3S/c1-22(14-17-6-7-18(26-2)13-20(17)27-3)16-21(25)24-10-8-23(9-11-24)15-19-5-4-12-28-19/h4-7,12-13H,8-11,14-16H2,1-3H3/p+2. The second kappa shape index (κ2) is 9.91. The van der Waals surface area contributed by atoms with Crippen LogP contribution in [-0.4, -0.2) is 64.8 Å². The lowest BCUT2D eigenvalue weighted by molar-refractivity contribution is -0.917. The molecule has 1 aromatic heterocycles. The van der Waals surface area contributed by atoms with E-state index in [4.69, 9.17) is 9.47 Å². The van der Waals surface area contributed by atoms with E-state index in [1.165, 1.54) is 4.88 Å². The van der Waals surface area contributed by atoms with Crippen LogP contribution in [0, 0.1) is 0 Å². The molecule has 1 aliphatic heterocycles. The third-order valence-electron chi connectivity index (χ3n) is 5.27. The zero-order valence-corrected chi connectivity index (χ0v) is 17.8. The van der Waals surface area contributed by atoms with E-state index in [0.29, 0.717) is 6.54 Å². The summed E-state index contributed by atoms with van der Waals surface area (Å²) in [5.74, 6) is 1.81. The topological polar surface area (TPSA) is 47.7 Å². The molecule has 2 aromatic rings. The van der Waals surface area contributed by atoms with Crippen LogP contribution in [0.15, 0.2) is 35.7 Å². The molecule has 1 saturated heterocycles. The fraction of sp³-hybridized carbons (Fsp3) is 0.476. The van der Waals surface area contributed by atoms with E-state index in [2.05, 4.69) is 24.6 Å². The lowest BCUT2D eigenvalue weighted by Gasteiger charge is -2.32. The number of nitrogens with one attached hydrogen (secondary N) is 2. The van der Waals surface area contributed by atoms with Gasteiger partial charge in [0.25, 0.3) is 5.91 Å². The van der Waals surface area contributed by atoms with E-state index in [0.717, 1.165) is 61.2 Å². The number of quaternary nitrogens is 2. The number of rotatable bonds is 8. The van der Waals surface area contributed by atoms with Crippen molar-refractivity contribution in [3.63, 3.8) is 0 Å². The first-order chi connectivity index (χ1) is 13.6. The zero-order chi connectivity index (χ0) is 19.9. The molecular formula is C21H31N3O3S+2. The number of amides is 1. The van der Waals surface area contributed by atoms with Gasteiger partial charge in [0.2, 0.25) is 0 Å². The summed E-state index contributed by atoms with van der Waals surface area (Å²) < 4.78 is 10.7. The van der Waals surface area contributed by atoms with Crippen LogP contribution in [0.5, 0.6) is 11.5 Å². The second-order valence-electron chi connectivity index (χ2n) is 7.38. The highest BCUT2D eigenvalue weighted by Crippen LogP contribution is 2.23. The maximum Gasteiger partial charge on any atom is 0.278 e. The molecule has 1 aliphatic rings. The molecule has 152 valence electrons. The number of carbonyl (C=O) groups excluding carboxylic acids is 1. The fourth-order valence-electron chi connectivity index (χ4n) is 3.66. The fourth-order valence-corrected chi connectivity index (χ4v) is 4.44. The minimum atomic E-state index is 0.236. The Balaban J connectivity index is 1.47. The van der Waals surface area contributed by atoms with Crippen LogP contribution in [0.2, 0.25) is 0 Å². The molecule has 0 saturated carbocycles. The van der Waals surface area contributed by atoms with E-state index in [1.807, 2.05) is 34.4 Å². The maximum atomic E-state index is 12.7. The summed E-state index contributed by atoms with van der Waals surface area (Å²) in [4.78, 5) is 18.9. The Kier molecular flexibility index (Phi) is 7.30. The normalized spacial score (nSPS) is 16.0. The smallest absolute Gasteiger partial charge is 0.278 e. The Hall–Kier alpha value is -2.09. The van der Waals surface area contributed by atoms with Gasteiger partial charge in [-0.25, -0.2) is 0 Å². The minimum Gasteiger partial charge on any atom is -0.497 e. The monoisotopic (exact) mass is 405 g/mol. The summed E-state index contributed by atoms with van der Waals surface area (Å²) in [6.07, 6.45) is 0. The number of methoxy groups -OCH3 is 2. The van der Waals surface area contributed by atoms with Crippen LogP contribution in [-0.2, 0) is 17.9 Å². The van der Waals surface area contributed by atoms with Gasteiger partial charge in [-0.3, -0.25) is 4.79 Å². The van der Waals surface area contributed by atoms with E-state index in [-0.39, 0.29) is 5.91 Å². The Labute approximate surface area is 171 Å². The molecule has 2 heterocycles. The molecule has 0 spiro atoms. The average molecular weight is 406 g/mol. The van der Waals surface area contributed by atoms with E-state index >= 15 is 0 Å². The van der Waals surface area contributed by atoms with Crippen molar-refractivity contribution in [2.75, 3.05) is 54.0 Å². The Morgan fingerprint density at radius 1 is 1.21 bits per heavy atom. The molecule has 2 N–H and O–H groups in total. The Morgan fingerprint density at radius 3 is 2.64 bits per heavy atom. The van der Waals surface area contributed by atoms with Gasteiger partial charge in [0.1, 0.15) is 24.6 Å². The van der Waals surface area contributed by atoms with Crippen molar-refractivity contribution < 1.29 is 24.1 Å². The van der Waals surface area contributed by atoms with Gasteiger partial charge in [-0.2, -0.15) is 0 Å². The predicted octanol–water partition coefficient (Wildman–Crippen LogP) is -0.293. The van der Waals surface area contributed by atoms with Crippen molar-refractivity contribution in [1.82, 2.24) is 4.90 Å². The lowest BCUT2D eigenvalue weighted by atomic mass is 10.1. The number of hydrogen-bond donors (Lipinski definition) is 2. The van der Waals surface area contributed by atoms with Gasteiger partial charge in [0.15, 0.2) is 6.54 Å². The van der Waals surface area contributed by atoms with Gasteiger partial charge in [0.05, 0.1) is 52.3 Å².